The maximum atomic E-state index is 13.0. The van der Waals surface area contributed by atoms with E-state index in [1.54, 1.807) is 37.3 Å². The molecule has 0 bridgehead atoms. The van der Waals surface area contributed by atoms with Gasteiger partial charge in [-0.2, -0.15) is 20.4 Å². The Hall–Kier alpha value is -3.62. The molecule has 2 N–H and O–H groups in total. The Morgan fingerprint density at radius 1 is 1.15 bits per heavy atom. The summed E-state index contributed by atoms with van der Waals surface area (Å²) in [7, 11) is 0. The van der Waals surface area contributed by atoms with Crippen molar-refractivity contribution in [2.24, 2.45) is 0 Å². The summed E-state index contributed by atoms with van der Waals surface area (Å²) in [5.74, 6) is -0.0728. The molecule has 4 rings (SSSR count). The fraction of sp³-hybridized carbons (Fsp3) is 0.118. The molecule has 0 spiro atoms. The Labute approximate surface area is 146 Å². The standard InChI is InChI=1S/C17H13FN6O2/c1-9(17-20-15(23-26-17)10-2-5-12(18)6-3-10)19-16(25)11-4-7-13-14(8-11)22-24-21-13/h2-9H,1H3,(H,19,25)(H,21,22,24). The summed E-state index contributed by atoms with van der Waals surface area (Å²) in [6.45, 7) is 1.73. The van der Waals surface area contributed by atoms with E-state index in [0.29, 0.717) is 28.0 Å². The van der Waals surface area contributed by atoms with E-state index in [2.05, 4.69) is 30.9 Å². The molecular formula is C17H13FN6O2. The van der Waals surface area contributed by atoms with E-state index in [1.807, 2.05) is 0 Å². The van der Waals surface area contributed by atoms with Crippen LogP contribution in [0, 0.1) is 5.82 Å². The third kappa shape index (κ3) is 3.02. The van der Waals surface area contributed by atoms with E-state index in [-0.39, 0.29) is 17.6 Å². The van der Waals surface area contributed by atoms with E-state index in [1.165, 1.54) is 12.1 Å². The van der Waals surface area contributed by atoms with Crippen LogP contribution in [0.4, 0.5) is 4.39 Å². The first kappa shape index (κ1) is 15.9. The van der Waals surface area contributed by atoms with Gasteiger partial charge >= 0.3 is 0 Å². The zero-order valence-electron chi connectivity index (χ0n) is 13.6. The lowest BCUT2D eigenvalue weighted by molar-refractivity contribution is 0.0932. The second-order valence-corrected chi connectivity index (χ2v) is 5.69. The molecule has 1 unspecified atom stereocenters. The zero-order chi connectivity index (χ0) is 18.1. The number of nitrogens with one attached hydrogen (secondary N) is 2. The van der Waals surface area contributed by atoms with Crippen molar-refractivity contribution in [2.45, 2.75) is 13.0 Å². The van der Waals surface area contributed by atoms with Gasteiger partial charge in [-0.3, -0.25) is 4.79 Å². The van der Waals surface area contributed by atoms with Gasteiger partial charge in [-0.25, -0.2) is 4.39 Å². The van der Waals surface area contributed by atoms with Crippen LogP contribution in [0.2, 0.25) is 0 Å². The van der Waals surface area contributed by atoms with Crippen LogP contribution in [0.25, 0.3) is 22.4 Å². The molecule has 4 aromatic rings. The molecule has 0 aliphatic rings. The van der Waals surface area contributed by atoms with Crippen molar-refractivity contribution in [2.75, 3.05) is 0 Å². The highest BCUT2D eigenvalue weighted by molar-refractivity contribution is 5.97. The van der Waals surface area contributed by atoms with Gasteiger partial charge in [0.2, 0.25) is 11.7 Å². The molecule has 1 amide bonds. The molecule has 0 aliphatic heterocycles. The Bertz CT molecular complexity index is 1070. The first-order chi connectivity index (χ1) is 12.6. The van der Waals surface area contributed by atoms with Crippen LogP contribution in [0.1, 0.15) is 29.2 Å². The molecule has 0 fully saturated rings. The van der Waals surface area contributed by atoms with E-state index >= 15 is 0 Å². The quantitative estimate of drug-likeness (QED) is 0.584. The summed E-state index contributed by atoms with van der Waals surface area (Å²) in [6, 6.07) is 10.2. The molecule has 0 saturated heterocycles. The van der Waals surface area contributed by atoms with Gasteiger partial charge in [-0.05, 0) is 49.4 Å². The number of hydrogen-bond donors (Lipinski definition) is 2. The number of aromatic amines is 1. The van der Waals surface area contributed by atoms with Gasteiger partial charge in [0, 0.05) is 11.1 Å². The number of halogens is 1. The second kappa shape index (κ2) is 6.36. The number of nitrogens with zero attached hydrogens (tertiary/aromatic N) is 4. The number of carbonyl (C=O) groups is 1. The molecule has 2 aromatic carbocycles. The van der Waals surface area contributed by atoms with Crippen molar-refractivity contribution in [3.63, 3.8) is 0 Å². The summed E-state index contributed by atoms with van der Waals surface area (Å²) in [5, 5.41) is 17.1. The number of rotatable bonds is 4. The smallest absolute Gasteiger partial charge is 0.251 e. The monoisotopic (exact) mass is 352 g/mol. The molecule has 8 nitrogen and oxygen atoms in total. The minimum atomic E-state index is -0.503. The van der Waals surface area contributed by atoms with Crippen LogP contribution in [0.3, 0.4) is 0 Å². The molecule has 0 aliphatic carbocycles. The maximum absolute atomic E-state index is 13.0. The van der Waals surface area contributed by atoms with Gasteiger partial charge < -0.3 is 9.84 Å². The van der Waals surface area contributed by atoms with Crippen molar-refractivity contribution >= 4 is 16.9 Å². The summed E-state index contributed by atoms with van der Waals surface area (Å²) in [6.07, 6.45) is 0. The molecular weight excluding hydrogens is 339 g/mol. The zero-order valence-corrected chi connectivity index (χ0v) is 13.6. The lowest BCUT2D eigenvalue weighted by Gasteiger charge is -2.09. The normalized spacial score (nSPS) is 12.2. The van der Waals surface area contributed by atoms with Crippen LogP contribution in [0.5, 0.6) is 0 Å². The van der Waals surface area contributed by atoms with E-state index in [0.717, 1.165) is 0 Å². The van der Waals surface area contributed by atoms with Crippen LogP contribution < -0.4 is 5.32 Å². The minimum Gasteiger partial charge on any atom is -0.341 e. The molecule has 9 heteroatoms. The average molecular weight is 352 g/mol. The predicted octanol–water partition coefficient (Wildman–Crippen LogP) is 2.64. The number of hydrogen-bond acceptors (Lipinski definition) is 6. The first-order valence-electron chi connectivity index (χ1n) is 7.81. The summed E-state index contributed by atoms with van der Waals surface area (Å²) in [4.78, 5) is 16.7. The SMILES string of the molecule is CC(NC(=O)c1ccc2n[nH]nc2c1)c1nc(-c2ccc(F)cc2)no1. The highest BCUT2D eigenvalue weighted by Crippen LogP contribution is 2.19. The van der Waals surface area contributed by atoms with Gasteiger partial charge in [-0.1, -0.05) is 5.16 Å². The lowest BCUT2D eigenvalue weighted by atomic mass is 10.1. The van der Waals surface area contributed by atoms with Crippen molar-refractivity contribution in [1.82, 2.24) is 30.9 Å². The lowest BCUT2D eigenvalue weighted by Crippen LogP contribution is -2.26. The van der Waals surface area contributed by atoms with Crippen molar-refractivity contribution in [3.8, 4) is 11.4 Å². The van der Waals surface area contributed by atoms with Crippen molar-refractivity contribution in [3.05, 3.63) is 59.7 Å². The largest absolute Gasteiger partial charge is 0.341 e. The number of carbonyl (C=O) groups excluding carboxylic acids is 1. The third-order valence-corrected chi connectivity index (χ3v) is 3.84. The molecule has 26 heavy (non-hydrogen) atoms. The van der Waals surface area contributed by atoms with Crippen LogP contribution in [-0.2, 0) is 0 Å². The number of fused-ring (bicyclic) bond motifs is 1. The van der Waals surface area contributed by atoms with Crippen LogP contribution >= 0.6 is 0 Å². The Balaban J connectivity index is 1.49. The number of amides is 1. The van der Waals surface area contributed by atoms with Gasteiger partial charge in [0.1, 0.15) is 22.9 Å². The molecule has 0 saturated carbocycles. The Kier molecular flexibility index (Phi) is 3.88. The predicted molar refractivity (Wildman–Crippen MR) is 89.5 cm³/mol. The van der Waals surface area contributed by atoms with Crippen molar-refractivity contribution in [1.29, 1.82) is 0 Å². The van der Waals surface area contributed by atoms with Gasteiger partial charge in [0.15, 0.2) is 0 Å². The summed E-state index contributed by atoms with van der Waals surface area (Å²) in [5.41, 5.74) is 2.34. The van der Waals surface area contributed by atoms with E-state index < -0.39 is 6.04 Å². The second-order valence-electron chi connectivity index (χ2n) is 5.69. The third-order valence-electron chi connectivity index (χ3n) is 3.84. The Morgan fingerprint density at radius 3 is 2.73 bits per heavy atom. The molecule has 130 valence electrons. The fourth-order valence-corrected chi connectivity index (χ4v) is 2.45. The highest BCUT2D eigenvalue weighted by Gasteiger charge is 2.18. The fourth-order valence-electron chi connectivity index (χ4n) is 2.45. The Morgan fingerprint density at radius 2 is 1.92 bits per heavy atom. The molecule has 1 atom stereocenters. The summed E-state index contributed by atoms with van der Waals surface area (Å²) >= 11 is 0. The van der Waals surface area contributed by atoms with Crippen LogP contribution in [0.15, 0.2) is 47.0 Å². The summed E-state index contributed by atoms with van der Waals surface area (Å²) < 4.78 is 18.2. The van der Waals surface area contributed by atoms with Gasteiger partial charge in [-0.15, -0.1) is 0 Å². The van der Waals surface area contributed by atoms with Gasteiger partial charge in [0.25, 0.3) is 5.91 Å². The van der Waals surface area contributed by atoms with E-state index in [4.69, 9.17) is 4.52 Å². The first-order valence-corrected chi connectivity index (χ1v) is 7.81. The van der Waals surface area contributed by atoms with Gasteiger partial charge in [0.05, 0.1) is 0 Å². The number of aromatic nitrogens is 5. The number of H-pyrrole nitrogens is 1. The molecule has 2 heterocycles. The average Bonchev–Trinajstić information content (AvgIpc) is 3.31. The maximum Gasteiger partial charge on any atom is 0.251 e. The molecule has 0 radical (unpaired) electrons. The topological polar surface area (TPSA) is 110 Å². The van der Waals surface area contributed by atoms with Crippen molar-refractivity contribution < 1.29 is 13.7 Å². The molecule has 2 aromatic heterocycles. The minimum absolute atomic E-state index is 0.250. The highest BCUT2D eigenvalue weighted by atomic mass is 19.1. The van der Waals surface area contributed by atoms with Crippen LogP contribution in [-0.4, -0.2) is 31.5 Å². The number of benzene rings is 2. The van der Waals surface area contributed by atoms with E-state index in [9.17, 15) is 9.18 Å².